The van der Waals surface area contributed by atoms with E-state index in [0.29, 0.717) is 50.3 Å². The summed E-state index contributed by atoms with van der Waals surface area (Å²) in [5.41, 5.74) is 9.93. The second kappa shape index (κ2) is 12.7. The standard InChI is InChI=1S/C30H38ClN5O3/c1-19(2)23-10-9-20(3)27(16-23)38-18-26-21(4)33-29(24-7-6-8-25(15-24)39-22(5)31)34-30(26)36-13-11-35(12-14-36)17-28(32)37/h6-10,15-16,19,22H,11-14,17-18H2,1-5H3,(H2,32,37). The summed E-state index contributed by atoms with van der Waals surface area (Å²) in [6.45, 7) is 13.6. The molecule has 4 rings (SSSR count). The van der Waals surface area contributed by atoms with Gasteiger partial charge in [-0.15, -0.1) is 0 Å². The minimum atomic E-state index is -0.452. The molecule has 0 aliphatic carbocycles. The first-order valence-electron chi connectivity index (χ1n) is 13.4. The summed E-state index contributed by atoms with van der Waals surface area (Å²) in [6.07, 6.45) is 0. The maximum absolute atomic E-state index is 11.4. The van der Waals surface area contributed by atoms with E-state index in [1.165, 1.54) is 5.56 Å². The molecule has 2 N–H and O–H groups in total. The molecule has 3 aromatic rings. The van der Waals surface area contributed by atoms with E-state index in [-0.39, 0.29) is 12.5 Å². The molecule has 1 saturated heterocycles. The molecule has 9 heteroatoms. The van der Waals surface area contributed by atoms with Crippen molar-refractivity contribution in [3.05, 3.63) is 64.8 Å². The Kier molecular flexibility index (Phi) is 9.30. The predicted octanol–water partition coefficient (Wildman–Crippen LogP) is 5.03. The summed E-state index contributed by atoms with van der Waals surface area (Å²) < 4.78 is 12.1. The fourth-order valence-electron chi connectivity index (χ4n) is 4.66. The zero-order chi connectivity index (χ0) is 28.1. The van der Waals surface area contributed by atoms with Gasteiger partial charge in [0.15, 0.2) is 11.4 Å². The second-order valence-electron chi connectivity index (χ2n) is 10.3. The first-order chi connectivity index (χ1) is 18.6. The van der Waals surface area contributed by atoms with Gasteiger partial charge in [-0.3, -0.25) is 9.69 Å². The quantitative estimate of drug-likeness (QED) is 0.353. The molecule has 8 nitrogen and oxygen atoms in total. The Morgan fingerprint density at radius 2 is 1.79 bits per heavy atom. The number of halogens is 1. The van der Waals surface area contributed by atoms with Crippen molar-refractivity contribution in [3.63, 3.8) is 0 Å². The van der Waals surface area contributed by atoms with Crippen molar-refractivity contribution in [2.45, 2.75) is 52.7 Å². The lowest BCUT2D eigenvalue weighted by Gasteiger charge is -2.36. The molecule has 1 aliphatic heterocycles. The lowest BCUT2D eigenvalue weighted by Crippen LogP contribution is -2.49. The van der Waals surface area contributed by atoms with Crippen LogP contribution in [0, 0.1) is 13.8 Å². The summed E-state index contributed by atoms with van der Waals surface area (Å²) in [4.78, 5) is 25.7. The van der Waals surface area contributed by atoms with Gasteiger partial charge in [-0.1, -0.05) is 49.7 Å². The third kappa shape index (κ3) is 7.40. The molecule has 1 amide bonds. The van der Waals surface area contributed by atoms with E-state index in [1.54, 1.807) is 6.92 Å². The van der Waals surface area contributed by atoms with Crippen molar-refractivity contribution in [1.29, 1.82) is 0 Å². The maximum Gasteiger partial charge on any atom is 0.231 e. The lowest BCUT2D eigenvalue weighted by atomic mass is 10.0. The van der Waals surface area contributed by atoms with Gasteiger partial charge in [0.05, 0.1) is 17.8 Å². The number of amides is 1. The molecule has 1 fully saturated rings. The highest BCUT2D eigenvalue weighted by Crippen LogP contribution is 2.31. The van der Waals surface area contributed by atoms with Gasteiger partial charge >= 0.3 is 0 Å². The van der Waals surface area contributed by atoms with Crippen LogP contribution in [0.15, 0.2) is 42.5 Å². The molecule has 0 saturated carbocycles. The van der Waals surface area contributed by atoms with Crippen molar-refractivity contribution >= 4 is 23.3 Å². The van der Waals surface area contributed by atoms with Gasteiger partial charge in [0, 0.05) is 31.7 Å². The van der Waals surface area contributed by atoms with Crippen LogP contribution >= 0.6 is 11.6 Å². The summed E-state index contributed by atoms with van der Waals surface area (Å²) >= 11 is 6.04. The van der Waals surface area contributed by atoms with Gasteiger partial charge in [-0.05, 0) is 56.0 Å². The minimum Gasteiger partial charge on any atom is -0.488 e. The number of piperazine rings is 1. The predicted molar refractivity (Wildman–Crippen MR) is 156 cm³/mol. The van der Waals surface area contributed by atoms with Gasteiger partial charge in [0.2, 0.25) is 5.91 Å². The van der Waals surface area contributed by atoms with Crippen molar-refractivity contribution < 1.29 is 14.3 Å². The number of anilines is 1. The topological polar surface area (TPSA) is 93.8 Å². The van der Waals surface area contributed by atoms with Gasteiger partial charge in [0.1, 0.15) is 23.9 Å². The molecular formula is C30H38ClN5O3. The number of benzene rings is 2. The van der Waals surface area contributed by atoms with Crippen LogP contribution in [-0.4, -0.2) is 59.1 Å². The number of ether oxygens (including phenoxy) is 2. The van der Waals surface area contributed by atoms with E-state index in [2.05, 4.69) is 48.8 Å². The summed E-state index contributed by atoms with van der Waals surface area (Å²) in [7, 11) is 0. The Labute approximate surface area is 236 Å². The number of nitrogens with zero attached hydrogens (tertiary/aromatic N) is 4. The SMILES string of the molecule is Cc1ccc(C(C)C)cc1OCc1c(C)nc(-c2cccc(OC(C)Cl)c2)nc1N1CCN(CC(N)=O)CC1. The molecule has 2 heterocycles. The average molecular weight is 552 g/mol. The highest BCUT2D eigenvalue weighted by molar-refractivity contribution is 6.19. The van der Waals surface area contributed by atoms with E-state index in [0.717, 1.165) is 34.0 Å². The van der Waals surface area contributed by atoms with Crippen molar-refractivity contribution in [3.8, 4) is 22.9 Å². The third-order valence-electron chi connectivity index (χ3n) is 6.88. The van der Waals surface area contributed by atoms with E-state index >= 15 is 0 Å². The largest absolute Gasteiger partial charge is 0.488 e. The molecule has 1 unspecified atom stereocenters. The lowest BCUT2D eigenvalue weighted by molar-refractivity contribution is -0.119. The van der Waals surface area contributed by atoms with E-state index < -0.39 is 5.56 Å². The Bertz CT molecular complexity index is 1310. The molecule has 1 aliphatic rings. The van der Waals surface area contributed by atoms with Crippen LogP contribution in [0.1, 0.15) is 49.1 Å². The number of nitrogens with two attached hydrogens (primary N) is 1. The molecule has 208 valence electrons. The first kappa shape index (κ1) is 28.6. The van der Waals surface area contributed by atoms with Crippen LogP contribution in [0.2, 0.25) is 0 Å². The molecule has 1 aromatic heterocycles. The molecule has 1 atom stereocenters. The number of alkyl halides is 1. The maximum atomic E-state index is 11.4. The van der Waals surface area contributed by atoms with Gasteiger partial charge in [0.25, 0.3) is 0 Å². The molecular weight excluding hydrogens is 514 g/mol. The van der Waals surface area contributed by atoms with Crippen molar-refractivity contribution in [2.75, 3.05) is 37.6 Å². The highest BCUT2D eigenvalue weighted by Gasteiger charge is 2.24. The number of hydrogen-bond donors (Lipinski definition) is 1. The highest BCUT2D eigenvalue weighted by atomic mass is 35.5. The van der Waals surface area contributed by atoms with Crippen LogP contribution in [0.25, 0.3) is 11.4 Å². The normalized spacial score (nSPS) is 14.9. The number of rotatable bonds is 10. The Balaban J connectivity index is 1.67. The summed E-state index contributed by atoms with van der Waals surface area (Å²) in [5.74, 6) is 3.06. The van der Waals surface area contributed by atoms with Gasteiger partial charge < -0.3 is 20.1 Å². The average Bonchev–Trinajstić information content (AvgIpc) is 2.88. The van der Waals surface area contributed by atoms with Crippen molar-refractivity contribution in [1.82, 2.24) is 14.9 Å². The van der Waals surface area contributed by atoms with Crippen molar-refractivity contribution in [2.24, 2.45) is 5.73 Å². The fourth-order valence-corrected chi connectivity index (χ4v) is 4.76. The third-order valence-corrected chi connectivity index (χ3v) is 6.97. The fraction of sp³-hybridized carbons (Fsp3) is 0.433. The first-order valence-corrected chi connectivity index (χ1v) is 13.8. The molecule has 0 spiro atoms. The number of carbonyl (C=O) groups excluding carboxylic acids is 1. The van der Waals surface area contributed by atoms with Gasteiger partial charge in [-0.25, -0.2) is 9.97 Å². The number of carbonyl (C=O) groups is 1. The zero-order valence-corrected chi connectivity index (χ0v) is 24.2. The molecule has 39 heavy (non-hydrogen) atoms. The Morgan fingerprint density at radius 1 is 1.05 bits per heavy atom. The van der Waals surface area contributed by atoms with Crippen LogP contribution < -0.4 is 20.1 Å². The van der Waals surface area contributed by atoms with E-state index in [9.17, 15) is 4.79 Å². The molecule has 0 radical (unpaired) electrons. The smallest absolute Gasteiger partial charge is 0.231 e. The van der Waals surface area contributed by atoms with Crippen LogP contribution in [0.5, 0.6) is 11.5 Å². The number of aryl methyl sites for hydroxylation is 2. The minimum absolute atomic E-state index is 0.259. The van der Waals surface area contributed by atoms with E-state index in [1.807, 2.05) is 31.2 Å². The molecule has 0 bridgehead atoms. The zero-order valence-electron chi connectivity index (χ0n) is 23.4. The number of hydrogen-bond acceptors (Lipinski definition) is 7. The Morgan fingerprint density at radius 3 is 2.46 bits per heavy atom. The van der Waals surface area contributed by atoms with Crippen LogP contribution in [-0.2, 0) is 11.4 Å². The second-order valence-corrected chi connectivity index (χ2v) is 10.9. The molecule has 2 aromatic carbocycles. The van der Waals surface area contributed by atoms with Gasteiger partial charge in [-0.2, -0.15) is 0 Å². The summed E-state index contributed by atoms with van der Waals surface area (Å²) in [5, 5.41) is 0. The number of primary amides is 1. The van der Waals surface area contributed by atoms with Crippen LogP contribution in [0.3, 0.4) is 0 Å². The monoisotopic (exact) mass is 551 g/mol. The number of aromatic nitrogens is 2. The van der Waals surface area contributed by atoms with E-state index in [4.69, 9.17) is 36.8 Å². The van der Waals surface area contributed by atoms with Crippen LogP contribution in [0.4, 0.5) is 5.82 Å². The Hall–Kier alpha value is -3.36. The summed E-state index contributed by atoms with van der Waals surface area (Å²) in [6, 6.07) is 14.0.